The van der Waals surface area contributed by atoms with Crippen LogP contribution in [0.4, 0.5) is 0 Å². The topological polar surface area (TPSA) is 67.9 Å². The van der Waals surface area contributed by atoms with Crippen molar-refractivity contribution in [2.45, 2.75) is 90.3 Å². The Morgan fingerprint density at radius 2 is 1.97 bits per heavy atom. The Morgan fingerprint density at radius 3 is 2.53 bits per heavy atom. The third-order valence-electron chi connectivity index (χ3n) is 7.46. The Morgan fingerprint density at radius 1 is 1.27 bits per heavy atom. The van der Waals surface area contributed by atoms with Gasteiger partial charge in [-0.05, 0) is 81.4 Å². The molecule has 1 saturated carbocycles. The number of aryl methyl sites for hydroxylation is 1. The molecule has 1 fully saturated rings. The lowest BCUT2D eigenvalue weighted by Gasteiger charge is -2.45. The molecule has 1 heterocycles. The smallest absolute Gasteiger partial charge is 0.262 e. The highest BCUT2D eigenvalue weighted by atomic mass is 127. The van der Waals surface area contributed by atoms with Crippen molar-refractivity contribution in [2.75, 3.05) is 0 Å². The molecule has 0 bridgehead atoms. The van der Waals surface area contributed by atoms with E-state index in [1.54, 1.807) is 4.90 Å². The Bertz CT molecular complexity index is 858. The molecule has 1 amide bonds. The number of hydrogen-bond donors (Lipinski definition) is 1. The summed E-state index contributed by atoms with van der Waals surface area (Å²) in [6.07, 6.45) is 7.12. The van der Waals surface area contributed by atoms with Crippen LogP contribution in [0.5, 0.6) is 0 Å². The third kappa shape index (κ3) is 3.29. The number of nitrogens with two attached hydrogens (primary N) is 1. The zero-order chi connectivity index (χ0) is 21.7. The molecule has 2 N–H and O–H groups in total. The predicted molar refractivity (Wildman–Crippen MR) is 128 cm³/mol. The van der Waals surface area contributed by atoms with E-state index in [0.717, 1.165) is 50.5 Å². The van der Waals surface area contributed by atoms with Crippen molar-refractivity contribution in [1.82, 2.24) is 4.90 Å². The number of guanidine groups is 1. The molecule has 3 aliphatic rings. The van der Waals surface area contributed by atoms with Gasteiger partial charge in [0, 0.05) is 11.5 Å². The normalized spacial score (nSPS) is 30.8. The molecule has 1 unspecified atom stereocenters. The number of hydrogen-bond acceptors (Lipinski definition) is 4. The quantitative estimate of drug-likeness (QED) is 0.559. The summed E-state index contributed by atoms with van der Waals surface area (Å²) >= 11 is 2.01. The second-order valence-corrected chi connectivity index (χ2v) is 10.6. The average molecular weight is 523 g/mol. The molecule has 30 heavy (non-hydrogen) atoms. The Labute approximate surface area is 194 Å². The van der Waals surface area contributed by atoms with E-state index in [4.69, 9.17) is 13.8 Å². The van der Waals surface area contributed by atoms with Crippen molar-refractivity contribution in [3.8, 4) is 0 Å². The zero-order valence-corrected chi connectivity index (χ0v) is 20.7. The van der Waals surface area contributed by atoms with Gasteiger partial charge in [-0.2, -0.15) is 0 Å². The molecule has 1 aromatic rings. The maximum Gasteiger partial charge on any atom is 0.262 e. The van der Waals surface area contributed by atoms with Gasteiger partial charge in [0.05, 0.1) is 6.10 Å². The number of benzene rings is 1. The second kappa shape index (κ2) is 8.08. The summed E-state index contributed by atoms with van der Waals surface area (Å²) in [4.78, 5) is 20.8. The van der Waals surface area contributed by atoms with Gasteiger partial charge < -0.3 is 8.80 Å². The van der Waals surface area contributed by atoms with Gasteiger partial charge >= 0.3 is 0 Å². The molecule has 4 rings (SSSR count). The fraction of sp³-hybridized carbons (Fsp3) is 0.667. The zero-order valence-electron chi connectivity index (χ0n) is 18.6. The minimum absolute atomic E-state index is 0.000123. The van der Waals surface area contributed by atoms with Crippen molar-refractivity contribution >= 4 is 34.9 Å². The van der Waals surface area contributed by atoms with Crippen LogP contribution in [0, 0.1) is 11.3 Å². The summed E-state index contributed by atoms with van der Waals surface area (Å²) in [5, 5.41) is 0. The van der Waals surface area contributed by atoms with Gasteiger partial charge in [-0.1, -0.05) is 32.0 Å². The number of aliphatic imine (C=N–C) groups is 1. The van der Waals surface area contributed by atoms with Crippen LogP contribution in [0.25, 0.3) is 0 Å². The van der Waals surface area contributed by atoms with Gasteiger partial charge in [0.1, 0.15) is 23.0 Å². The van der Waals surface area contributed by atoms with E-state index in [0.29, 0.717) is 11.9 Å². The first kappa shape index (κ1) is 22.1. The Hall–Kier alpha value is -1.15. The number of carbonyl (C=O) groups excluding carboxylic acids is 1. The van der Waals surface area contributed by atoms with Gasteiger partial charge in [0.2, 0.25) is 0 Å². The minimum Gasteiger partial charge on any atom is -0.369 e. The molecule has 5 nitrogen and oxygen atoms in total. The Kier molecular flexibility index (Phi) is 5.94. The van der Waals surface area contributed by atoms with Gasteiger partial charge in [0.25, 0.3) is 5.91 Å². The van der Waals surface area contributed by atoms with Crippen LogP contribution in [-0.4, -0.2) is 28.9 Å². The first-order valence-electron chi connectivity index (χ1n) is 11.3. The standard InChI is InChI=1S/C24H34IN3O2/c1-15(2)5-6-17-7-8-18-14-23(11-9-19(30-25)10-12-23)24(20(18)13-17)21(29)28(16(3)4)22(26)27-24/h7-8,13,15-16,19H,5-6,9-12,14H2,1-4H3,(H2,26,27)/t19-,23-,24?. The summed E-state index contributed by atoms with van der Waals surface area (Å²) in [6, 6.07) is 6.77. The van der Waals surface area contributed by atoms with Crippen molar-refractivity contribution in [1.29, 1.82) is 0 Å². The van der Waals surface area contributed by atoms with Crippen LogP contribution in [0.15, 0.2) is 23.2 Å². The summed E-state index contributed by atoms with van der Waals surface area (Å²) in [5.41, 5.74) is 8.99. The molecule has 1 atom stereocenters. The number of fused-ring (bicyclic) bond motifs is 3. The molecule has 0 radical (unpaired) electrons. The fourth-order valence-electron chi connectivity index (χ4n) is 5.85. The van der Waals surface area contributed by atoms with Gasteiger partial charge in [-0.15, -0.1) is 0 Å². The van der Waals surface area contributed by atoms with Crippen molar-refractivity contribution < 1.29 is 7.86 Å². The molecule has 0 aromatic heterocycles. The van der Waals surface area contributed by atoms with E-state index < -0.39 is 5.54 Å². The van der Waals surface area contributed by atoms with Crippen LogP contribution in [0.3, 0.4) is 0 Å². The van der Waals surface area contributed by atoms with Crippen LogP contribution >= 0.6 is 23.0 Å². The highest BCUT2D eigenvalue weighted by Crippen LogP contribution is 2.62. The molecular formula is C24H34IN3O2. The van der Waals surface area contributed by atoms with E-state index in [-0.39, 0.29) is 23.5 Å². The predicted octanol–water partition coefficient (Wildman–Crippen LogP) is 4.89. The number of carbonyl (C=O) groups is 1. The summed E-state index contributed by atoms with van der Waals surface area (Å²) < 4.78 is 5.62. The maximum absolute atomic E-state index is 14.0. The molecule has 2 spiro atoms. The monoisotopic (exact) mass is 523 g/mol. The van der Waals surface area contributed by atoms with Crippen molar-refractivity contribution in [2.24, 2.45) is 22.1 Å². The first-order valence-corrected chi connectivity index (χ1v) is 12.2. The van der Waals surface area contributed by atoms with E-state index in [2.05, 4.69) is 32.0 Å². The van der Waals surface area contributed by atoms with Crippen LogP contribution in [0.2, 0.25) is 0 Å². The van der Waals surface area contributed by atoms with Gasteiger partial charge in [0.15, 0.2) is 11.5 Å². The lowest BCUT2D eigenvalue weighted by molar-refractivity contribution is -0.138. The summed E-state index contributed by atoms with van der Waals surface area (Å²) in [7, 11) is 0. The molecule has 6 heteroatoms. The van der Waals surface area contributed by atoms with Gasteiger partial charge in [-0.25, -0.2) is 4.99 Å². The molecular weight excluding hydrogens is 489 g/mol. The van der Waals surface area contributed by atoms with Crippen LogP contribution < -0.4 is 5.73 Å². The fourth-order valence-corrected chi connectivity index (χ4v) is 6.36. The van der Waals surface area contributed by atoms with Gasteiger partial charge in [-0.3, -0.25) is 9.69 Å². The first-order chi connectivity index (χ1) is 14.2. The molecule has 1 aromatic carbocycles. The number of rotatable bonds is 5. The number of halogens is 1. The van der Waals surface area contributed by atoms with Crippen LogP contribution in [-0.2, 0) is 26.2 Å². The lowest BCUT2D eigenvalue weighted by Crippen LogP contribution is -2.53. The highest BCUT2D eigenvalue weighted by molar-refractivity contribution is 14.1. The van der Waals surface area contributed by atoms with E-state index in [1.165, 1.54) is 11.1 Å². The highest BCUT2D eigenvalue weighted by Gasteiger charge is 2.66. The van der Waals surface area contributed by atoms with E-state index >= 15 is 0 Å². The molecule has 2 aliphatic carbocycles. The van der Waals surface area contributed by atoms with Crippen molar-refractivity contribution in [3.05, 3.63) is 34.9 Å². The molecule has 164 valence electrons. The van der Waals surface area contributed by atoms with Crippen LogP contribution in [0.1, 0.15) is 76.5 Å². The Balaban J connectivity index is 1.81. The average Bonchev–Trinajstić information content (AvgIpc) is 3.13. The van der Waals surface area contributed by atoms with Crippen molar-refractivity contribution in [3.63, 3.8) is 0 Å². The number of nitrogens with zero attached hydrogens (tertiary/aromatic N) is 2. The molecule has 0 saturated heterocycles. The second-order valence-electron chi connectivity index (χ2n) is 10.1. The number of amides is 1. The van der Waals surface area contributed by atoms with E-state index in [9.17, 15) is 4.79 Å². The minimum atomic E-state index is -0.874. The largest absolute Gasteiger partial charge is 0.369 e. The maximum atomic E-state index is 14.0. The third-order valence-corrected chi connectivity index (χ3v) is 8.18. The summed E-state index contributed by atoms with van der Waals surface area (Å²) in [6.45, 7) is 8.54. The molecule has 1 aliphatic heterocycles. The lowest BCUT2D eigenvalue weighted by atomic mass is 9.61. The van der Waals surface area contributed by atoms with E-state index in [1.807, 2.05) is 36.9 Å². The SMILES string of the molecule is CC(C)CCc1ccc2c(c1)C1(N=C(N)N(C(C)C)C1=O)[C@]1(CC[C@H](OI)CC1)C2. The summed E-state index contributed by atoms with van der Waals surface area (Å²) in [5.74, 6) is 1.10.